The van der Waals surface area contributed by atoms with Crippen molar-refractivity contribution in [2.75, 3.05) is 13.2 Å². The average Bonchev–Trinajstić information content (AvgIpc) is 3.37. The molecule has 6 nitrogen and oxygen atoms in total. The number of rotatable bonds is 3. The van der Waals surface area contributed by atoms with Gasteiger partial charge >= 0.3 is 0 Å². The normalized spacial score (nSPS) is 19.3. The molecular weight excluding hydrogens is 368 g/mol. The lowest BCUT2D eigenvalue weighted by Crippen LogP contribution is -2.36. The fourth-order valence-electron chi connectivity index (χ4n) is 3.61. The maximum absolute atomic E-state index is 12.8. The molecular formula is C20H15ClN2O4. The number of imide groups is 1. The first-order valence-corrected chi connectivity index (χ1v) is 9.16. The van der Waals surface area contributed by atoms with Crippen LogP contribution in [0.4, 0.5) is 0 Å². The molecule has 3 heterocycles. The van der Waals surface area contributed by atoms with Gasteiger partial charge in [-0.3, -0.25) is 14.5 Å². The Labute approximate surface area is 159 Å². The molecule has 7 heteroatoms. The van der Waals surface area contributed by atoms with Crippen LogP contribution < -0.4 is 0 Å². The van der Waals surface area contributed by atoms with E-state index in [1.807, 2.05) is 0 Å². The highest BCUT2D eigenvalue weighted by molar-refractivity contribution is 6.31. The van der Waals surface area contributed by atoms with Gasteiger partial charge in [-0.15, -0.1) is 0 Å². The third kappa shape index (κ3) is 2.72. The Morgan fingerprint density at radius 2 is 1.96 bits per heavy atom. The molecule has 27 heavy (non-hydrogen) atoms. The molecule has 0 radical (unpaired) electrons. The highest BCUT2D eigenvalue weighted by atomic mass is 35.5. The Balaban J connectivity index is 1.49. The summed E-state index contributed by atoms with van der Waals surface area (Å²) in [6.45, 7) is 0.975. The maximum Gasteiger partial charge on any atom is 0.261 e. The van der Waals surface area contributed by atoms with Crippen LogP contribution in [0.5, 0.6) is 0 Å². The highest BCUT2D eigenvalue weighted by Gasteiger charge is 2.37. The molecule has 1 saturated heterocycles. The zero-order valence-electron chi connectivity index (χ0n) is 14.3. The summed E-state index contributed by atoms with van der Waals surface area (Å²) in [6, 6.07) is 10.3. The van der Waals surface area contributed by atoms with Crippen LogP contribution in [0.15, 0.2) is 40.8 Å². The third-order valence-electron chi connectivity index (χ3n) is 4.98. The van der Waals surface area contributed by atoms with E-state index in [9.17, 15) is 9.59 Å². The molecule has 0 bridgehead atoms. The number of aromatic nitrogens is 1. The van der Waals surface area contributed by atoms with Crippen LogP contribution in [0.3, 0.4) is 0 Å². The number of nitrogens with zero attached hydrogens (tertiary/aromatic N) is 2. The van der Waals surface area contributed by atoms with Gasteiger partial charge in [-0.05, 0) is 49.2 Å². The minimum absolute atomic E-state index is 0.0755. The Hall–Kier alpha value is -2.70. The van der Waals surface area contributed by atoms with Gasteiger partial charge in [0.05, 0.1) is 23.8 Å². The fourth-order valence-corrected chi connectivity index (χ4v) is 3.77. The first-order chi connectivity index (χ1) is 13.1. The number of carbonyl (C=O) groups is 2. The van der Waals surface area contributed by atoms with E-state index in [2.05, 4.69) is 4.98 Å². The smallest absolute Gasteiger partial charge is 0.261 e. The number of fused-ring (bicyclic) bond motifs is 2. The van der Waals surface area contributed by atoms with E-state index in [0.29, 0.717) is 51.9 Å². The molecule has 0 N–H and O–H groups in total. The number of hydrogen-bond acceptors (Lipinski definition) is 5. The highest BCUT2D eigenvalue weighted by Crippen LogP contribution is 2.31. The first kappa shape index (κ1) is 16.5. The summed E-state index contributed by atoms with van der Waals surface area (Å²) in [7, 11) is 0. The molecule has 1 aromatic heterocycles. The van der Waals surface area contributed by atoms with Crippen LogP contribution >= 0.6 is 11.6 Å². The number of amides is 2. The molecule has 0 saturated carbocycles. The van der Waals surface area contributed by atoms with E-state index in [4.69, 9.17) is 20.8 Å². The number of benzene rings is 2. The summed E-state index contributed by atoms with van der Waals surface area (Å²) in [5, 5.41) is 0.571. The van der Waals surface area contributed by atoms with Gasteiger partial charge in [0, 0.05) is 17.2 Å². The first-order valence-electron chi connectivity index (χ1n) is 8.78. The molecule has 1 atom stereocenters. The summed E-state index contributed by atoms with van der Waals surface area (Å²) in [6.07, 6.45) is 1.75. The molecule has 1 fully saturated rings. The van der Waals surface area contributed by atoms with Crippen molar-refractivity contribution in [2.24, 2.45) is 0 Å². The molecule has 2 aliphatic heterocycles. The summed E-state index contributed by atoms with van der Waals surface area (Å²) < 4.78 is 11.3. The van der Waals surface area contributed by atoms with E-state index in [-0.39, 0.29) is 17.9 Å². The van der Waals surface area contributed by atoms with Crippen LogP contribution in [0.1, 0.15) is 33.6 Å². The second-order valence-electron chi connectivity index (χ2n) is 6.75. The van der Waals surface area contributed by atoms with E-state index >= 15 is 0 Å². The average molecular weight is 383 g/mol. The molecule has 2 aromatic carbocycles. The quantitative estimate of drug-likeness (QED) is 0.642. The van der Waals surface area contributed by atoms with Crippen molar-refractivity contribution in [1.29, 1.82) is 0 Å². The molecule has 2 aliphatic rings. The molecule has 2 amide bonds. The van der Waals surface area contributed by atoms with Crippen LogP contribution in [0, 0.1) is 0 Å². The van der Waals surface area contributed by atoms with Gasteiger partial charge in [0.1, 0.15) is 5.52 Å². The van der Waals surface area contributed by atoms with E-state index in [1.54, 1.807) is 36.4 Å². The molecule has 3 aromatic rings. The van der Waals surface area contributed by atoms with E-state index < -0.39 is 0 Å². The van der Waals surface area contributed by atoms with Crippen molar-refractivity contribution in [1.82, 2.24) is 9.88 Å². The molecule has 136 valence electrons. The third-order valence-corrected chi connectivity index (χ3v) is 5.21. The molecule has 0 spiro atoms. The summed E-state index contributed by atoms with van der Waals surface area (Å²) in [4.78, 5) is 31.1. The van der Waals surface area contributed by atoms with Gasteiger partial charge in [0.15, 0.2) is 5.58 Å². The minimum Gasteiger partial charge on any atom is -0.436 e. The van der Waals surface area contributed by atoms with Crippen LogP contribution in [-0.2, 0) is 4.74 Å². The largest absolute Gasteiger partial charge is 0.436 e. The van der Waals surface area contributed by atoms with Crippen LogP contribution in [0.2, 0.25) is 5.02 Å². The Kier molecular flexibility index (Phi) is 3.77. The number of ether oxygens (including phenoxy) is 1. The number of halogens is 1. The van der Waals surface area contributed by atoms with Gasteiger partial charge < -0.3 is 9.15 Å². The van der Waals surface area contributed by atoms with Crippen LogP contribution in [-0.4, -0.2) is 41.0 Å². The van der Waals surface area contributed by atoms with E-state index in [0.717, 1.165) is 12.8 Å². The predicted octanol–water partition coefficient (Wildman–Crippen LogP) is 3.92. The van der Waals surface area contributed by atoms with Gasteiger partial charge in [-0.25, -0.2) is 4.98 Å². The lowest BCUT2D eigenvalue weighted by molar-refractivity contribution is 0.0475. The lowest BCUT2D eigenvalue weighted by atomic mass is 10.1. The number of oxazole rings is 1. The number of hydrogen-bond donors (Lipinski definition) is 0. The van der Waals surface area contributed by atoms with Crippen molar-refractivity contribution >= 4 is 34.5 Å². The van der Waals surface area contributed by atoms with Gasteiger partial charge in [0.25, 0.3) is 11.8 Å². The Bertz CT molecular complexity index is 1080. The standard InChI is InChI=1S/C20H15ClN2O4/c21-12-4-6-17-16(9-12)22-18(27-17)11-3-5-14-15(8-11)20(25)23(19(14)24)10-13-2-1-7-26-13/h3-6,8-9,13H,1-2,7,10H2/t13-/m0/s1. The van der Waals surface area contributed by atoms with Gasteiger partial charge in [0.2, 0.25) is 5.89 Å². The van der Waals surface area contributed by atoms with Crippen molar-refractivity contribution in [3.63, 3.8) is 0 Å². The zero-order chi connectivity index (χ0) is 18.5. The second kappa shape index (κ2) is 6.18. The van der Waals surface area contributed by atoms with Gasteiger partial charge in [-0.2, -0.15) is 0 Å². The molecule has 0 unspecified atom stereocenters. The van der Waals surface area contributed by atoms with E-state index in [1.165, 1.54) is 4.90 Å². The predicted molar refractivity (Wildman–Crippen MR) is 98.8 cm³/mol. The van der Waals surface area contributed by atoms with Gasteiger partial charge in [-0.1, -0.05) is 11.6 Å². The summed E-state index contributed by atoms with van der Waals surface area (Å²) in [5.41, 5.74) is 2.66. The SMILES string of the molecule is O=C1c2ccc(-c3nc4cc(Cl)ccc4o3)cc2C(=O)N1C[C@@H]1CCCO1. The summed E-state index contributed by atoms with van der Waals surface area (Å²) >= 11 is 5.99. The second-order valence-corrected chi connectivity index (χ2v) is 7.18. The topological polar surface area (TPSA) is 72.6 Å². The maximum atomic E-state index is 12.8. The molecule has 0 aliphatic carbocycles. The van der Waals surface area contributed by atoms with Crippen LogP contribution in [0.25, 0.3) is 22.6 Å². The summed E-state index contributed by atoms with van der Waals surface area (Å²) in [5.74, 6) is -0.194. The Morgan fingerprint density at radius 1 is 1.11 bits per heavy atom. The fraction of sp³-hybridized carbons (Fsp3) is 0.250. The minimum atomic E-state index is -0.300. The lowest BCUT2D eigenvalue weighted by Gasteiger charge is -2.17. The van der Waals surface area contributed by atoms with Crippen molar-refractivity contribution in [2.45, 2.75) is 18.9 Å². The van der Waals surface area contributed by atoms with Crippen molar-refractivity contribution in [3.05, 3.63) is 52.5 Å². The Morgan fingerprint density at radius 3 is 2.78 bits per heavy atom. The number of carbonyl (C=O) groups excluding carboxylic acids is 2. The van der Waals surface area contributed by atoms with Crippen molar-refractivity contribution < 1.29 is 18.7 Å². The zero-order valence-corrected chi connectivity index (χ0v) is 15.0. The monoisotopic (exact) mass is 382 g/mol. The van der Waals surface area contributed by atoms with Crippen molar-refractivity contribution in [3.8, 4) is 11.5 Å². The molecule has 5 rings (SSSR count).